The van der Waals surface area contributed by atoms with Gasteiger partial charge in [0.25, 0.3) is 5.69 Å². The molecule has 0 saturated carbocycles. The van der Waals surface area contributed by atoms with Crippen LogP contribution in [0.1, 0.15) is 5.69 Å². The lowest BCUT2D eigenvalue weighted by Crippen LogP contribution is -2.08. The molecule has 0 amide bonds. The van der Waals surface area contributed by atoms with Gasteiger partial charge in [0.15, 0.2) is 0 Å². The Hall–Kier alpha value is -3.55. The zero-order chi connectivity index (χ0) is 18.1. The number of aryl methyl sites for hydroxylation is 3. The van der Waals surface area contributed by atoms with Crippen LogP contribution < -0.4 is 0 Å². The molecule has 4 rings (SSSR count). The lowest BCUT2D eigenvalue weighted by molar-refractivity contribution is -0.383. The normalized spacial score (nSPS) is 11.1. The van der Waals surface area contributed by atoms with E-state index in [-0.39, 0.29) is 5.69 Å². The highest BCUT2D eigenvalue weighted by molar-refractivity contribution is 6.00. The van der Waals surface area contributed by atoms with Gasteiger partial charge in [0, 0.05) is 41.8 Å². The summed E-state index contributed by atoms with van der Waals surface area (Å²) in [6.07, 6.45) is 7.00. The summed E-state index contributed by atoms with van der Waals surface area (Å²) in [7, 11) is 0. The molecule has 0 aliphatic carbocycles. The first-order valence-electron chi connectivity index (χ1n) is 8.17. The molecular weight excluding hydrogens is 332 g/mol. The fourth-order valence-electron chi connectivity index (χ4n) is 2.98. The molecule has 3 heterocycles. The number of rotatable bonds is 5. The van der Waals surface area contributed by atoms with Crippen LogP contribution in [0.15, 0.2) is 55.1 Å². The van der Waals surface area contributed by atoms with Gasteiger partial charge in [0.2, 0.25) is 0 Å². The molecule has 1 aromatic carbocycles. The number of nitrogens with zero attached hydrogens (tertiary/aromatic N) is 6. The molecule has 0 bridgehead atoms. The predicted molar refractivity (Wildman–Crippen MR) is 96.6 cm³/mol. The largest absolute Gasteiger partial charge is 0.278 e. The molecule has 0 aliphatic rings. The highest BCUT2D eigenvalue weighted by Gasteiger charge is 2.16. The van der Waals surface area contributed by atoms with E-state index in [1.54, 1.807) is 18.3 Å². The van der Waals surface area contributed by atoms with E-state index in [1.165, 1.54) is 12.3 Å². The van der Waals surface area contributed by atoms with Crippen LogP contribution in [0.25, 0.3) is 22.0 Å². The molecule has 0 radical (unpaired) electrons. The van der Waals surface area contributed by atoms with Gasteiger partial charge < -0.3 is 0 Å². The van der Waals surface area contributed by atoms with Gasteiger partial charge in [0.1, 0.15) is 0 Å². The zero-order valence-electron chi connectivity index (χ0n) is 14.1. The molecule has 3 aromatic heterocycles. The highest BCUT2D eigenvalue weighted by Crippen LogP contribution is 2.32. The Kier molecular flexibility index (Phi) is 3.92. The maximum Gasteiger partial charge on any atom is 0.278 e. The summed E-state index contributed by atoms with van der Waals surface area (Å²) in [5.74, 6) is 0. The van der Waals surface area contributed by atoms with Gasteiger partial charge >= 0.3 is 0 Å². The number of pyridine rings is 1. The van der Waals surface area contributed by atoms with E-state index in [4.69, 9.17) is 0 Å². The van der Waals surface area contributed by atoms with Crippen molar-refractivity contribution in [1.29, 1.82) is 0 Å². The Labute approximate surface area is 148 Å². The number of benzene rings is 1. The number of nitro benzene ring substituents is 1. The molecule has 0 unspecified atom stereocenters. The smallest absolute Gasteiger partial charge is 0.271 e. The number of aromatic nitrogens is 5. The van der Waals surface area contributed by atoms with Crippen molar-refractivity contribution in [2.24, 2.45) is 0 Å². The van der Waals surface area contributed by atoms with E-state index in [0.717, 1.165) is 28.9 Å². The third kappa shape index (κ3) is 2.92. The van der Waals surface area contributed by atoms with Crippen LogP contribution in [0.5, 0.6) is 0 Å². The third-order valence-corrected chi connectivity index (χ3v) is 4.24. The van der Waals surface area contributed by atoms with E-state index < -0.39 is 4.92 Å². The van der Waals surface area contributed by atoms with E-state index in [9.17, 15) is 10.1 Å². The van der Waals surface area contributed by atoms with Crippen molar-refractivity contribution < 1.29 is 4.92 Å². The van der Waals surface area contributed by atoms with Crippen molar-refractivity contribution in [3.05, 3.63) is 70.9 Å². The molecule has 8 nitrogen and oxygen atoms in total. The topological polar surface area (TPSA) is 91.7 Å². The van der Waals surface area contributed by atoms with Gasteiger partial charge in [-0.2, -0.15) is 10.2 Å². The summed E-state index contributed by atoms with van der Waals surface area (Å²) in [5.41, 5.74) is 2.65. The lowest BCUT2D eigenvalue weighted by Gasteiger charge is -2.05. The summed E-state index contributed by atoms with van der Waals surface area (Å²) in [6, 6.07) is 8.90. The minimum Gasteiger partial charge on any atom is -0.271 e. The van der Waals surface area contributed by atoms with Crippen LogP contribution in [-0.2, 0) is 13.1 Å². The Morgan fingerprint density at radius 1 is 1.00 bits per heavy atom. The van der Waals surface area contributed by atoms with Crippen molar-refractivity contribution in [3.63, 3.8) is 0 Å². The van der Waals surface area contributed by atoms with Gasteiger partial charge in [-0.15, -0.1) is 0 Å². The Morgan fingerprint density at radius 3 is 2.50 bits per heavy atom. The minimum atomic E-state index is -0.390. The van der Waals surface area contributed by atoms with Crippen molar-refractivity contribution in [1.82, 2.24) is 24.5 Å². The molecular formula is C18H16N6O2. The standard InChI is InChI=1S/C18H16N6O2/c1-13-5-8-22(20-13)10-11-23-9-6-17(21-23)15-2-3-18(24(25)26)16-12-19-7-4-14(15)16/h2-9,12H,10-11H2,1H3. The van der Waals surface area contributed by atoms with Crippen LogP contribution in [-0.4, -0.2) is 29.5 Å². The minimum absolute atomic E-state index is 0.0466. The Balaban J connectivity index is 1.65. The summed E-state index contributed by atoms with van der Waals surface area (Å²) in [5, 5.41) is 21.5. The van der Waals surface area contributed by atoms with Crippen molar-refractivity contribution in [3.8, 4) is 11.3 Å². The SMILES string of the molecule is Cc1ccn(CCn2ccc(-c3ccc([N+](=O)[O-])c4cnccc34)n2)n1. The first-order chi connectivity index (χ1) is 12.6. The van der Waals surface area contributed by atoms with Crippen molar-refractivity contribution in [2.45, 2.75) is 20.0 Å². The molecule has 8 heteroatoms. The number of nitro groups is 1. The monoisotopic (exact) mass is 348 g/mol. The fourth-order valence-corrected chi connectivity index (χ4v) is 2.98. The van der Waals surface area contributed by atoms with Gasteiger partial charge in [-0.1, -0.05) is 0 Å². The molecule has 26 heavy (non-hydrogen) atoms. The Morgan fingerprint density at radius 2 is 1.77 bits per heavy atom. The first kappa shape index (κ1) is 15.9. The highest BCUT2D eigenvalue weighted by atomic mass is 16.6. The van der Waals surface area contributed by atoms with Crippen molar-refractivity contribution in [2.75, 3.05) is 0 Å². The average molecular weight is 348 g/mol. The quantitative estimate of drug-likeness (QED) is 0.408. The van der Waals surface area contributed by atoms with E-state index in [2.05, 4.69) is 15.2 Å². The van der Waals surface area contributed by atoms with Crippen LogP contribution >= 0.6 is 0 Å². The Bertz CT molecular complexity index is 1100. The average Bonchev–Trinajstić information content (AvgIpc) is 3.27. The molecule has 0 fully saturated rings. The summed E-state index contributed by atoms with van der Waals surface area (Å²) in [4.78, 5) is 14.9. The lowest BCUT2D eigenvalue weighted by atomic mass is 10.0. The molecule has 130 valence electrons. The number of fused-ring (bicyclic) bond motifs is 1. The van der Waals surface area contributed by atoms with E-state index in [1.807, 2.05) is 40.8 Å². The maximum atomic E-state index is 11.2. The molecule has 0 N–H and O–H groups in total. The van der Waals surface area contributed by atoms with Crippen LogP contribution in [0.2, 0.25) is 0 Å². The predicted octanol–water partition coefficient (Wildman–Crippen LogP) is 3.21. The van der Waals surface area contributed by atoms with Gasteiger partial charge in [-0.3, -0.25) is 24.5 Å². The second kappa shape index (κ2) is 6.40. The zero-order valence-corrected chi connectivity index (χ0v) is 14.1. The molecule has 4 aromatic rings. The number of hydrogen-bond acceptors (Lipinski definition) is 5. The molecule has 0 spiro atoms. The van der Waals surface area contributed by atoms with Gasteiger partial charge in [-0.05, 0) is 31.2 Å². The van der Waals surface area contributed by atoms with Gasteiger partial charge in [-0.25, -0.2) is 0 Å². The third-order valence-electron chi connectivity index (χ3n) is 4.24. The number of hydrogen-bond donors (Lipinski definition) is 0. The first-order valence-corrected chi connectivity index (χ1v) is 8.17. The molecule has 0 atom stereocenters. The summed E-state index contributed by atoms with van der Waals surface area (Å²) in [6.45, 7) is 3.37. The van der Waals surface area contributed by atoms with Crippen molar-refractivity contribution >= 4 is 16.5 Å². The molecule has 0 saturated heterocycles. The number of non-ortho nitro benzene ring substituents is 1. The summed E-state index contributed by atoms with van der Waals surface area (Å²) < 4.78 is 3.73. The maximum absolute atomic E-state index is 11.2. The van der Waals surface area contributed by atoms with E-state index in [0.29, 0.717) is 11.9 Å². The van der Waals surface area contributed by atoms with Crippen LogP contribution in [0.3, 0.4) is 0 Å². The second-order valence-electron chi connectivity index (χ2n) is 5.99. The second-order valence-corrected chi connectivity index (χ2v) is 5.99. The van der Waals surface area contributed by atoms with Gasteiger partial charge in [0.05, 0.1) is 34.8 Å². The van der Waals surface area contributed by atoms with Crippen LogP contribution in [0.4, 0.5) is 5.69 Å². The fraction of sp³-hybridized carbons (Fsp3) is 0.167. The summed E-state index contributed by atoms with van der Waals surface area (Å²) >= 11 is 0. The van der Waals surface area contributed by atoms with Crippen LogP contribution in [0, 0.1) is 17.0 Å². The van der Waals surface area contributed by atoms with E-state index >= 15 is 0 Å². The molecule has 0 aliphatic heterocycles.